The van der Waals surface area contributed by atoms with E-state index in [0.29, 0.717) is 5.39 Å². The molecule has 2 atom stereocenters. The fraction of sp³-hybridized carbons (Fsp3) is 0.375. The first-order valence-electron chi connectivity index (χ1n) is 6.80. The van der Waals surface area contributed by atoms with Gasteiger partial charge in [-0.2, -0.15) is 0 Å². The standard InChI is InChI=1S/C16H18FNO/c17-15-8-7-14(12-5-1-2-6-13(12)15)16(18)10-11-4-3-9-19-11/h1-2,5-8,11,16H,3-4,9-10,18H2. The molecular weight excluding hydrogens is 241 g/mol. The Bertz CT molecular complexity index is 578. The summed E-state index contributed by atoms with van der Waals surface area (Å²) in [6.45, 7) is 0.835. The monoisotopic (exact) mass is 259 g/mol. The molecule has 100 valence electrons. The molecule has 3 rings (SSSR count). The Morgan fingerprint density at radius 1 is 1.21 bits per heavy atom. The summed E-state index contributed by atoms with van der Waals surface area (Å²) < 4.78 is 19.4. The molecule has 2 nitrogen and oxygen atoms in total. The highest BCUT2D eigenvalue weighted by molar-refractivity contribution is 5.86. The van der Waals surface area contributed by atoms with Crippen LogP contribution in [-0.4, -0.2) is 12.7 Å². The minimum Gasteiger partial charge on any atom is -0.378 e. The van der Waals surface area contributed by atoms with E-state index in [1.54, 1.807) is 12.1 Å². The second kappa shape index (κ2) is 5.27. The summed E-state index contributed by atoms with van der Waals surface area (Å²) in [4.78, 5) is 0. The molecule has 1 saturated heterocycles. The highest BCUT2D eigenvalue weighted by atomic mass is 19.1. The number of hydrogen-bond donors (Lipinski definition) is 1. The van der Waals surface area contributed by atoms with Crippen LogP contribution in [0.5, 0.6) is 0 Å². The van der Waals surface area contributed by atoms with Crippen molar-refractivity contribution in [2.75, 3.05) is 6.61 Å². The van der Waals surface area contributed by atoms with Gasteiger partial charge in [0.2, 0.25) is 0 Å². The molecule has 0 aromatic heterocycles. The van der Waals surface area contributed by atoms with Crippen molar-refractivity contribution in [3.63, 3.8) is 0 Å². The predicted molar refractivity (Wildman–Crippen MR) is 74.4 cm³/mol. The van der Waals surface area contributed by atoms with Gasteiger partial charge in [0.15, 0.2) is 0 Å². The number of benzene rings is 2. The first-order chi connectivity index (χ1) is 9.25. The summed E-state index contributed by atoms with van der Waals surface area (Å²) in [7, 11) is 0. The fourth-order valence-corrected chi connectivity index (χ4v) is 2.85. The molecule has 1 aliphatic rings. The molecule has 19 heavy (non-hydrogen) atoms. The van der Waals surface area contributed by atoms with Gasteiger partial charge in [-0.15, -0.1) is 0 Å². The molecule has 2 unspecified atom stereocenters. The van der Waals surface area contributed by atoms with Crippen molar-refractivity contribution in [1.82, 2.24) is 0 Å². The molecule has 1 fully saturated rings. The number of fused-ring (bicyclic) bond motifs is 1. The van der Waals surface area contributed by atoms with Crippen molar-refractivity contribution < 1.29 is 9.13 Å². The largest absolute Gasteiger partial charge is 0.378 e. The fourth-order valence-electron chi connectivity index (χ4n) is 2.85. The molecule has 3 heteroatoms. The normalized spacial score (nSPS) is 20.8. The first-order valence-corrected chi connectivity index (χ1v) is 6.80. The van der Waals surface area contributed by atoms with Gasteiger partial charge in [-0.05, 0) is 36.3 Å². The minimum absolute atomic E-state index is 0.103. The molecule has 0 saturated carbocycles. The van der Waals surface area contributed by atoms with Gasteiger partial charge in [-0.1, -0.05) is 30.3 Å². The zero-order chi connectivity index (χ0) is 13.2. The summed E-state index contributed by atoms with van der Waals surface area (Å²) in [5, 5.41) is 1.55. The molecule has 0 spiro atoms. The van der Waals surface area contributed by atoms with Crippen molar-refractivity contribution in [2.45, 2.75) is 31.4 Å². The molecule has 0 aliphatic carbocycles. The summed E-state index contributed by atoms with van der Waals surface area (Å²) in [6.07, 6.45) is 3.24. The predicted octanol–water partition coefficient (Wildman–Crippen LogP) is 3.55. The van der Waals surface area contributed by atoms with Crippen LogP contribution in [0.4, 0.5) is 4.39 Å². The molecule has 0 bridgehead atoms. The van der Waals surface area contributed by atoms with Crippen LogP contribution >= 0.6 is 0 Å². The number of halogens is 1. The third kappa shape index (κ3) is 2.48. The van der Waals surface area contributed by atoms with Gasteiger partial charge in [0, 0.05) is 18.0 Å². The third-order valence-electron chi connectivity index (χ3n) is 3.84. The van der Waals surface area contributed by atoms with Gasteiger partial charge < -0.3 is 10.5 Å². The van der Waals surface area contributed by atoms with E-state index in [1.165, 1.54) is 6.07 Å². The lowest BCUT2D eigenvalue weighted by Gasteiger charge is -2.18. The molecule has 1 aliphatic heterocycles. The van der Waals surface area contributed by atoms with Gasteiger partial charge in [-0.25, -0.2) is 4.39 Å². The van der Waals surface area contributed by atoms with Crippen molar-refractivity contribution in [3.05, 3.63) is 47.8 Å². The third-order valence-corrected chi connectivity index (χ3v) is 3.84. The number of nitrogens with two attached hydrogens (primary N) is 1. The zero-order valence-electron chi connectivity index (χ0n) is 10.8. The lowest BCUT2D eigenvalue weighted by atomic mass is 9.95. The molecular formula is C16H18FNO. The van der Waals surface area contributed by atoms with E-state index in [1.807, 2.05) is 18.2 Å². The molecule has 0 amide bonds. The molecule has 2 aromatic carbocycles. The van der Waals surface area contributed by atoms with E-state index >= 15 is 0 Å². The lowest BCUT2D eigenvalue weighted by molar-refractivity contribution is 0.0984. The van der Waals surface area contributed by atoms with E-state index in [-0.39, 0.29) is 18.0 Å². The topological polar surface area (TPSA) is 35.2 Å². The van der Waals surface area contributed by atoms with Gasteiger partial charge in [0.05, 0.1) is 6.10 Å². The first kappa shape index (κ1) is 12.6. The van der Waals surface area contributed by atoms with Gasteiger partial charge >= 0.3 is 0 Å². The summed E-state index contributed by atoms with van der Waals surface area (Å²) in [5.74, 6) is -0.191. The van der Waals surface area contributed by atoms with Gasteiger partial charge in [-0.3, -0.25) is 0 Å². The van der Waals surface area contributed by atoms with Crippen molar-refractivity contribution in [1.29, 1.82) is 0 Å². The Kier molecular flexibility index (Phi) is 3.49. The Hall–Kier alpha value is -1.45. The van der Waals surface area contributed by atoms with Crippen LogP contribution in [0.1, 0.15) is 30.9 Å². The Morgan fingerprint density at radius 3 is 2.74 bits per heavy atom. The van der Waals surface area contributed by atoms with E-state index in [0.717, 1.165) is 36.8 Å². The maximum Gasteiger partial charge on any atom is 0.131 e. The van der Waals surface area contributed by atoms with Crippen LogP contribution in [-0.2, 0) is 4.74 Å². The van der Waals surface area contributed by atoms with Crippen LogP contribution in [0.25, 0.3) is 10.8 Å². The Balaban J connectivity index is 1.93. The average Bonchev–Trinajstić information content (AvgIpc) is 2.92. The van der Waals surface area contributed by atoms with Crippen LogP contribution < -0.4 is 5.73 Å². The van der Waals surface area contributed by atoms with Crippen molar-refractivity contribution in [2.24, 2.45) is 5.73 Å². The highest BCUT2D eigenvalue weighted by Gasteiger charge is 2.21. The number of hydrogen-bond acceptors (Lipinski definition) is 2. The lowest BCUT2D eigenvalue weighted by Crippen LogP contribution is -2.18. The van der Waals surface area contributed by atoms with Crippen LogP contribution in [0.3, 0.4) is 0 Å². The zero-order valence-corrected chi connectivity index (χ0v) is 10.8. The Labute approximate surface area is 112 Å². The number of ether oxygens (including phenoxy) is 1. The summed E-state index contributed by atoms with van der Waals surface area (Å²) >= 11 is 0. The van der Waals surface area contributed by atoms with Crippen LogP contribution in [0.15, 0.2) is 36.4 Å². The quantitative estimate of drug-likeness (QED) is 0.915. The SMILES string of the molecule is NC(CC1CCCO1)c1ccc(F)c2ccccc12. The second-order valence-corrected chi connectivity index (χ2v) is 5.16. The maximum atomic E-state index is 13.8. The minimum atomic E-state index is -0.191. The van der Waals surface area contributed by atoms with E-state index in [2.05, 4.69) is 0 Å². The second-order valence-electron chi connectivity index (χ2n) is 5.16. The molecule has 2 aromatic rings. The van der Waals surface area contributed by atoms with Gasteiger partial charge in [0.1, 0.15) is 5.82 Å². The van der Waals surface area contributed by atoms with Gasteiger partial charge in [0.25, 0.3) is 0 Å². The van der Waals surface area contributed by atoms with Crippen molar-refractivity contribution in [3.8, 4) is 0 Å². The highest BCUT2D eigenvalue weighted by Crippen LogP contribution is 2.29. The van der Waals surface area contributed by atoms with Crippen molar-refractivity contribution >= 4 is 10.8 Å². The Morgan fingerprint density at radius 2 is 2.00 bits per heavy atom. The molecule has 1 heterocycles. The van der Waals surface area contributed by atoms with Crippen LogP contribution in [0, 0.1) is 5.82 Å². The number of rotatable bonds is 3. The smallest absolute Gasteiger partial charge is 0.131 e. The van der Waals surface area contributed by atoms with E-state index < -0.39 is 0 Å². The summed E-state index contributed by atoms with van der Waals surface area (Å²) in [5.41, 5.74) is 7.30. The van der Waals surface area contributed by atoms with Crippen LogP contribution in [0.2, 0.25) is 0 Å². The summed E-state index contributed by atoms with van der Waals surface area (Å²) in [6, 6.07) is 10.7. The van der Waals surface area contributed by atoms with E-state index in [4.69, 9.17) is 10.5 Å². The molecule has 0 radical (unpaired) electrons. The average molecular weight is 259 g/mol. The molecule has 2 N–H and O–H groups in total. The van der Waals surface area contributed by atoms with E-state index in [9.17, 15) is 4.39 Å². The maximum absolute atomic E-state index is 13.8.